The van der Waals surface area contributed by atoms with E-state index in [4.69, 9.17) is 17.0 Å². The van der Waals surface area contributed by atoms with E-state index in [0.717, 1.165) is 32.1 Å². The van der Waals surface area contributed by atoms with E-state index in [1.54, 1.807) is 0 Å². The van der Waals surface area contributed by atoms with E-state index in [-0.39, 0.29) is 21.2 Å². The van der Waals surface area contributed by atoms with Gasteiger partial charge in [0, 0.05) is 0 Å². The number of alkyl halides is 6. The molecule has 4 aromatic carbocycles. The molecule has 10 heteroatoms. The average molecular weight is 727 g/mol. The second-order valence-corrected chi connectivity index (χ2v) is 27.4. The molecule has 1 heterocycles. The molecule has 6 rings (SSSR count). The Labute approximate surface area is 260 Å². The molecule has 0 bridgehead atoms. The van der Waals surface area contributed by atoms with Gasteiger partial charge in [-0.1, -0.05) is 0 Å². The molecule has 0 spiro atoms. The molecule has 0 radical (unpaired) electrons. The fraction of sp³-hybridized carbons (Fsp3) is 0.212. The Morgan fingerprint density at radius 3 is 2.05 bits per heavy atom. The van der Waals surface area contributed by atoms with Crippen LogP contribution in [-0.2, 0) is 30.2 Å². The molecule has 4 aromatic rings. The van der Waals surface area contributed by atoms with Gasteiger partial charge in [-0.2, -0.15) is 0 Å². The van der Waals surface area contributed by atoms with E-state index in [1.165, 1.54) is 15.9 Å². The maximum atomic E-state index is 13.9. The van der Waals surface area contributed by atoms with Crippen LogP contribution in [0, 0.1) is 0 Å². The molecule has 0 saturated carbocycles. The van der Waals surface area contributed by atoms with Gasteiger partial charge in [-0.3, -0.25) is 0 Å². The zero-order valence-electron chi connectivity index (χ0n) is 23.4. The first-order valence-corrected chi connectivity index (χ1v) is 24.2. The quantitative estimate of drug-likeness (QED) is 0.128. The Bertz CT molecular complexity index is 1770. The van der Waals surface area contributed by atoms with Gasteiger partial charge >= 0.3 is 262 Å². The molecular formula is C33H26Cl2F6SiZr. The van der Waals surface area contributed by atoms with Crippen LogP contribution in [0.2, 0.25) is 0 Å². The minimum absolute atomic E-state index is 0.124. The number of fused-ring (bicyclic) bond motifs is 4. The first kappa shape index (κ1) is 30.9. The molecular weight excluding hydrogens is 701 g/mol. The summed E-state index contributed by atoms with van der Waals surface area (Å²) in [6.45, 7) is 5.64. The van der Waals surface area contributed by atoms with Crippen LogP contribution in [0.4, 0.5) is 26.3 Å². The van der Waals surface area contributed by atoms with Crippen molar-refractivity contribution < 1.29 is 44.2 Å². The van der Waals surface area contributed by atoms with Gasteiger partial charge in [-0.25, -0.2) is 0 Å². The second-order valence-electron chi connectivity index (χ2n) is 11.6. The van der Waals surface area contributed by atoms with E-state index >= 15 is 0 Å². The van der Waals surface area contributed by atoms with Crippen molar-refractivity contribution >= 4 is 46.3 Å². The third kappa shape index (κ3) is 5.30. The maximum absolute atomic E-state index is 13.9. The molecule has 1 aliphatic carbocycles. The Hall–Kier alpha value is -2.12. The van der Waals surface area contributed by atoms with Gasteiger partial charge in [-0.15, -0.1) is 0 Å². The van der Waals surface area contributed by atoms with Crippen molar-refractivity contribution in [3.8, 4) is 22.3 Å². The summed E-state index contributed by atoms with van der Waals surface area (Å²) in [5.74, 6) is -0.167. The molecule has 0 N–H and O–H groups in total. The SMILES string of the molecule is CC1=Cc2c(ccc(C(C)C)c2-c2cc(C(F)(F)F)cc(C(F)(F)F)c2)[CH]1[Zr]([Cl])([Cl])[c]1cccc2c1[SiH2]c1ccccc1-2. The number of rotatable bonds is 4. The van der Waals surface area contributed by atoms with Crippen LogP contribution in [0.25, 0.3) is 28.3 Å². The van der Waals surface area contributed by atoms with Crippen molar-refractivity contribution in [1.82, 2.24) is 0 Å². The number of allylic oxidation sites excluding steroid dienone is 1. The minimum atomic E-state index is -4.95. The molecule has 0 fully saturated rings. The summed E-state index contributed by atoms with van der Waals surface area (Å²) in [7, 11) is 14.3. The third-order valence-electron chi connectivity index (χ3n) is 8.52. The Morgan fingerprint density at radius 1 is 0.791 bits per heavy atom. The van der Waals surface area contributed by atoms with E-state index in [9.17, 15) is 26.3 Å². The number of benzene rings is 4. The molecule has 0 saturated heterocycles. The molecule has 1 atom stereocenters. The molecule has 0 amide bonds. The van der Waals surface area contributed by atoms with Crippen LogP contribution < -0.4 is 13.6 Å². The summed E-state index contributed by atoms with van der Waals surface area (Å²) >= 11 is -4.34. The van der Waals surface area contributed by atoms with Gasteiger partial charge in [0.05, 0.1) is 0 Å². The van der Waals surface area contributed by atoms with Crippen molar-refractivity contribution in [2.45, 2.75) is 42.7 Å². The van der Waals surface area contributed by atoms with Crippen LogP contribution in [0.1, 0.15) is 58.1 Å². The monoisotopic (exact) mass is 724 g/mol. The fourth-order valence-electron chi connectivity index (χ4n) is 6.62. The van der Waals surface area contributed by atoms with Crippen molar-refractivity contribution in [3.63, 3.8) is 0 Å². The normalized spacial score (nSPS) is 16.8. The van der Waals surface area contributed by atoms with E-state index in [0.29, 0.717) is 16.7 Å². The third-order valence-corrected chi connectivity index (χ3v) is 23.1. The van der Waals surface area contributed by atoms with Crippen LogP contribution in [0.15, 0.2) is 78.4 Å². The summed E-state index contributed by atoms with van der Waals surface area (Å²) in [5, 5.41) is 2.56. The summed E-state index contributed by atoms with van der Waals surface area (Å²) in [4.78, 5) is 0. The van der Waals surface area contributed by atoms with Gasteiger partial charge in [0.2, 0.25) is 0 Å². The summed E-state index contributed by atoms with van der Waals surface area (Å²) in [5.41, 5.74) is 2.80. The zero-order chi connectivity index (χ0) is 31.1. The predicted molar refractivity (Wildman–Crippen MR) is 163 cm³/mol. The molecule has 43 heavy (non-hydrogen) atoms. The molecule has 0 aromatic heterocycles. The summed E-state index contributed by atoms with van der Waals surface area (Å²) in [6, 6.07) is 19.9. The molecule has 1 unspecified atom stereocenters. The first-order chi connectivity index (χ1) is 20.1. The Balaban J connectivity index is 1.55. The van der Waals surface area contributed by atoms with Crippen molar-refractivity contribution in [2.75, 3.05) is 0 Å². The van der Waals surface area contributed by atoms with E-state index in [1.807, 2.05) is 63.2 Å². The fourth-order valence-corrected chi connectivity index (χ4v) is 23.8. The van der Waals surface area contributed by atoms with Gasteiger partial charge < -0.3 is 0 Å². The molecule has 222 valence electrons. The molecule has 2 aliphatic rings. The van der Waals surface area contributed by atoms with Gasteiger partial charge in [-0.05, 0) is 0 Å². The average Bonchev–Trinajstić information content (AvgIpc) is 3.48. The standard InChI is InChI=1S/C21H17F6.C12H9Si.2ClH.Zr/c1-11(2)17-5-4-13-6-12(3)7-18(13)19(17)14-8-15(20(22,23)24)10-16(9-14)21(25,26)27;1-3-7-11-9(5-1)10-6-2-4-8-12(10)13-11;;;/h4-11H,1-3H3;1-7H,13H2;2*1H;/q;;;;+2/p-2. The second kappa shape index (κ2) is 10.8. The van der Waals surface area contributed by atoms with Gasteiger partial charge in [0.15, 0.2) is 0 Å². The van der Waals surface area contributed by atoms with Crippen molar-refractivity contribution in [1.29, 1.82) is 0 Å². The van der Waals surface area contributed by atoms with E-state index < -0.39 is 50.9 Å². The Kier molecular flexibility index (Phi) is 7.72. The summed E-state index contributed by atoms with van der Waals surface area (Å²) in [6.07, 6.45) is -8.04. The van der Waals surface area contributed by atoms with Crippen LogP contribution in [0.3, 0.4) is 0 Å². The van der Waals surface area contributed by atoms with E-state index in [2.05, 4.69) is 18.2 Å². The molecule has 0 nitrogen and oxygen atoms in total. The number of hydrogen-bond acceptors (Lipinski definition) is 0. The van der Waals surface area contributed by atoms with Crippen LogP contribution in [0.5, 0.6) is 0 Å². The van der Waals surface area contributed by atoms with Gasteiger partial charge in [0.1, 0.15) is 0 Å². The van der Waals surface area contributed by atoms with Crippen LogP contribution in [-0.4, -0.2) is 9.52 Å². The summed E-state index contributed by atoms with van der Waals surface area (Å²) < 4.78 is 83.8. The Morgan fingerprint density at radius 2 is 1.42 bits per heavy atom. The van der Waals surface area contributed by atoms with Gasteiger partial charge in [0.25, 0.3) is 0 Å². The predicted octanol–water partition coefficient (Wildman–Crippen LogP) is 8.86. The first-order valence-electron chi connectivity index (χ1n) is 13.8. The number of halogens is 8. The zero-order valence-corrected chi connectivity index (χ0v) is 28.8. The van der Waals surface area contributed by atoms with Crippen molar-refractivity contribution in [3.05, 3.63) is 106 Å². The van der Waals surface area contributed by atoms with Crippen molar-refractivity contribution in [2.24, 2.45) is 0 Å². The molecule has 1 aliphatic heterocycles. The van der Waals surface area contributed by atoms with Crippen LogP contribution >= 0.6 is 17.0 Å². The number of hydrogen-bond donors (Lipinski definition) is 0. The topological polar surface area (TPSA) is 0 Å².